The molecule has 0 atom stereocenters. The molecule has 0 bridgehead atoms. The van der Waals surface area contributed by atoms with E-state index in [2.05, 4.69) is 15.5 Å². The Morgan fingerprint density at radius 2 is 2.08 bits per heavy atom. The van der Waals surface area contributed by atoms with Crippen molar-refractivity contribution in [2.75, 3.05) is 7.11 Å². The molecule has 0 aliphatic carbocycles. The molecule has 6 heteroatoms. The van der Waals surface area contributed by atoms with Crippen molar-refractivity contribution >= 4 is 12.1 Å². The van der Waals surface area contributed by atoms with E-state index in [1.807, 2.05) is 24.3 Å². The largest absolute Gasteiger partial charge is 0.497 e. The molecule has 6 nitrogen and oxygen atoms in total. The van der Waals surface area contributed by atoms with Crippen LogP contribution >= 0.6 is 0 Å². The first-order valence-electron chi connectivity index (χ1n) is 7.22. The Bertz CT molecular complexity index is 840. The molecule has 1 heterocycles. The van der Waals surface area contributed by atoms with Crippen LogP contribution in [0, 0.1) is 0 Å². The van der Waals surface area contributed by atoms with Crippen LogP contribution in [0.5, 0.6) is 5.75 Å². The van der Waals surface area contributed by atoms with E-state index in [4.69, 9.17) is 9.15 Å². The number of carbonyl (C=O) groups excluding carboxylic acids is 1. The van der Waals surface area contributed by atoms with Crippen LogP contribution in [0.25, 0.3) is 11.3 Å². The lowest BCUT2D eigenvalue weighted by Crippen LogP contribution is -2.17. The Balaban J connectivity index is 1.63. The summed E-state index contributed by atoms with van der Waals surface area (Å²) in [5, 5.41) is 3.96. The predicted octanol–water partition coefficient (Wildman–Crippen LogP) is 3.11. The SMILES string of the molecule is COc1cccc(/C=N/NC(=O)c2ccc(-c3cnco3)cc2)c1. The van der Waals surface area contributed by atoms with Gasteiger partial charge in [-0.25, -0.2) is 10.4 Å². The van der Waals surface area contributed by atoms with Crippen molar-refractivity contribution in [1.29, 1.82) is 0 Å². The third-order valence-electron chi connectivity index (χ3n) is 3.34. The van der Waals surface area contributed by atoms with E-state index in [0.717, 1.165) is 16.9 Å². The highest BCUT2D eigenvalue weighted by Crippen LogP contribution is 2.18. The number of hydrogen-bond donors (Lipinski definition) is 1. The van der Waals surface area contributed by atoms with Gasteiger partial charge in [0, 0.05) is 11.1 Å². The van der Waals surface area contributed by atoms with Gasteiger partial charge in [-0.2, -0.15) is 5.10 Å². The monoisotopic (exact) mass is 321 g/mol. The van der Waals surface area contributed by atoms with E-state index in [0.29, 0.717) is 11.3 Å². The first-order chi connectivity index (χ1) is 11.8. The zero-order chi connectivity index (χ0) is 16.8. The van der Waals surface area contributed by atoms with Gasteiger partial charge < -0.3 is 9.15 Å². The molecule has 0 aliphatic heterocycles. The van der Waals surface area contributed by atoms with Crippen molar-refractivity contribution in [3.63, 3.8) is 0 Å². The van der Waals surface area contributed by atoms with Gasteiger partial charge in [0.05, 0.1) is 19.5 Å². The molecule has 2 aromatic carbocycles. The van der Waals surface area contributed by atoms with E-state index < -0.39 is 0 Å². The van der Waals surface area contributed by atoms with E-state index in [1.54, 1.807) is 43.8 Å². The van der Waals surface area contributed by atoms with Gasteiger partial charge in [-0.3, -0.25) is 4.79 Å². The normalized spacial score (nSPS) is 10.7. The molecular formula is C18H15N3O3. The van der Waals surface area contributed by atoms with Crippen LogP contribution in [0.3, 0.4) is 0 Å². The minimum atomic E-state index is -0.293. The number of methoxy groups -OCH3 is 1. The van der Waals surface area contributed by atoms with Crippen molar-refractivity contribution in [2.24, 2.45) is 5.10 Å². The Morgan fingerprint density at radius 3 is 2.79 bits per heavy atom. The quantitative estimate of drug-likeness (QED) is 0.578. The van der Waals surface area contributed by atoms with Gasteiger partial charge in [0.2, 0.25) is 0 Å². The van der Waals surface area contributed by atoms with E-state index in [1.165, 1.54) is 6.39 Å². The third-order valence-corrected chi connectivity index (χ3v) is 3.34. The molecule has 1 N–H and O–H groups in total. The lowest BCUT2D eigenvalue weighted by molar-refractivity contribution is 0.0955. The number of benzene rings is 2. The summed E-state index contributed by atoms with van der Waals surface area (Å²) in [6.45, 7) is 0. The fourth-order valence-electron chi connectivity index (χ4n) is 2.10. The lowest BCUT2D eigenvalue weighted by atomic mass is 10.1. The predicted molar refractivity (Wildman–Crippen MR) is 90.0 cm³/mol. The van der Waals surface area contributed by atoms with Crippen molar-refractivity contribution in [2.45, 2.75) is 0 Å². The average molecular weight is 321 g/mol. The second-order valence-electron chi connectivity index (χ2n) is 4.92. The number of nitrogens with zero attached hydrogens (tertiary/aromatic N) is 2. The molecule has 1 aromatic heterocycles. The first-order valence-corrected chi connectivity index (χ1v) is 7.22. The standard InChI is InChI=1S/C18H15N3O3/c1-23-16-4-2-3-13(9-16)10-20-21-18(22)15-7-5-14(6-8-15)17-11-19-12-24-17/h2-12H,1H3,(H,21,22)/b20-10+. The number of oxazole rings is 1. The summed E-state index contributed by atoms with van der Waals surface area (Å²) in [5.41, 5.74) is 4.67. The summed E-state index contributed by atoms with van der Waals surface area (Å²) in [7, 11) is 1.60. The molecule has 0 unspecified atom stereocenters. The highest BCUT2D eigenvalue weighted by atomic mass is 16.5. The average Bonchev–Trinajstić information content (AvgIpc) is 3.16. The summed E-state index contributed by atoms with van der Waals surface area (Å²) in [5.74, 6) is 1.09. The van der Waals surface area contributed by atoms with Crippen LogP contribution in [0.1, 0.15) is 15.9 Å². The van der Waals surface area contributed by atoms with Crippen LogP contribution in [-0.4, -0.2) is 24.2 Å². The van der Waals surface area contributed by atoms with Gasteiger partial charge in [-0.15, -0.1) is 0 Å². The molecule has 3 aromatic rings. The minimum absolute atomic E-state index is 0.293. The lowest BCUT2D eigenvalue weighted by Gasteiger charge is -2.02. The molecule has 0 radical (unpaired) electrons. The fraction of sp³-hybridized carbons (Fsp3) is 0.0556. The van der Waals surface area contributed by atoms with Gasteiger partial charge in [-0.05, 0) is 29.8 Å². The number of hydrazone groups is 1. The molecule has 0 spiro atoms. The molecule has 120 valence electrons. The molecule has 1 amide bonds. The van der Waals surface area contributed by atoms with Crippen LogP contribution in [0.4, 0.5) is 0 Å². The third kappa shape index (κ3) is 3.67. The van der Waals surface area contributed by atoms with Crippen LogP contribution in [0.2, 0.25) is 0 Å². The summed E-state index contributed by atoms with van der Waals surface area (Å²) in [6, 6.07) is 14.4. The number of carbonyl (C=O) groups is 1. The smallest absolute Gasteiger partial charge is 0.271 e. The van der Waals surface area contributed by atoms with E-state index in [9.17, 15) is 4.79 Å². The van der Waals surface area contributed by atoms with Gasteiger partial charge >= 0.3 is 0 Å². The number of hydrogen-bond acceptors (Lipinski definition) is 5. The first kappa shape index (κ1) is 15.5. The summed E-state index contributed by atoms with van der Waals surface area (Å²) in [6.07, 6.45) is 4.54. The maximum absolute atomic E-state index is 12.1. The topological polar surface area (TPSA) is 76.7 Å². The van der Waals surface area contributed by atoms with Crippen LogP contribution in [0.15, 0.2) is 70.6 Å². The summed E-state index contributed by atoms with van der Waals surface area (Å²) < 4.78 is 10.3. The Kier molecular flexibility index (Phi) is 4.67. The molecule has 0 fully saturated rings. The van der Waals surface area contributed by atoms with Crippen LogP contribution < -0.4 is 10.2 Å². The number of aromatic nitrogens is 1. The zero-order valence-corrected chi connectivity index (χ0v) is 13.0. The number of amides is 1. The van der Waals surface area contributed by atoms with Crippen molar-refractivity contribution in [1.82, 2.24) is 10.4 Å². The van der Waals surface area contributed by atoms with Gasteiger partial charge in [0.15, 0.2) is 12.2 Å². The van der Waals surface area contributed by atoms with Crippen molar-refractivity contribution < 1.29 is 13.9 Å². The number of rotatable bonds is 5. The molecule has 0 saturated heterocycles. The minimum Gasteiger partial charge on any atom is -0.497 e. The highest BCUT2D eigenvalue weighted by molar-refractivity contribution is 5.95. The van der Waals surface area contributed by atoms with Crippen molar-refractivity contribution in [3.8, 4) is 17.1 Å². The van der Waals surface area contributed by atoms with Gasteiger partial charge in [0.1, 0.15) is 5.75 Å². The zero-order valence-electron chi connectivity index (χ0n) is 13.0. The Labute approximate surface area is 138 Å². The molecule has 3 rings (SSSR count). The number of ether oxygens (including phenoxy) is 1. The molecule has 24 heavy (non-hydrogen) atoms. The van der Waals surface area contributed by atoms with E-state index >= 15 is 0 Å². The fourth-order valence-corrected chi connectivity index (χ4v) is 2.10. The summed E-state index contributed by atoms with van der Waals surface area (Å²) >= 11 is 0. The Morgan fingerprint density at radius 1 is 1.25 bits per heavy atom. The summed E-state index contributed by atoms with van der Waals surface area (Å²) in [4.78, 5) is 15.9. The van der Waals surface area contributed by atoms with Crippen LogP contribution in [-0.2, 0) is 0 Å². The van der Waals surface area contributed by atoms with Gasteiger partial charge in [-0.1, -0.05) is 24.3 Å². The Hall–Kier alpha value is -3.41. The molecule has 0 saturated carbocycles. The second-order valence-corrected chi connectivity index (χ2v) is 4.92. The highest BCUT2D eigenvalue weighted by Gasteiger charge is 2.06. The second kappa shape index (κ2) is 7.23. The molecule has 0 aliphatic rings. The maximum atomic E-state index is 12.1. The van der Waals surface area contributed by atoms with E-state index in [-0.39, 0.29) is 5.91 Å². The maximum Gasteiger partial charge on any atom is 0.271 e. The van der Waals surface area contributed by atoms with Crippen molar-refractivity contribution in [3.05, 3.63) is 72.2 Å². The number of nitrogens with one attached hydrogen (secondary N) is 1. The van der Waals surface area contributed by atoms with Gasteiger partial charge in [0.25, 0.3) is 5.91 Å². The molecular weight excluding hydrogens is 306 g/mol.